The Morgan fingerprint density at radius 1 is 0.706 bits per heavy atom. The summed E-state index contributed by atoms with van der Waals surface area (Å²) in [5.74, 6) is 0. The van der Waals surface area contributed by atoms with E-state index in [0.29, 0.717) is 22.5 Å². The number of thiophene rings is 1. The van der Waals surface area contributed by atoms with Gasteiger partial charge in [0.25, 0.3) is 0 Å². The lowest BCUT2D eigenvalue weighted by Crippen LogP contribution is -2.18. The van der Waals surface area contributed by atoms with Gasteiger partial charge in [-0.15, -0.1) is 21.5 Å². The van der Waals surface area contributed by atoms with Crippen molar-refractivity contribution in [3.05, 3.63) is 82.7 Å². The maximum Gasteiger partial charge on any atom is 0.417 e. The molecule has 3 aromatic carbocycles. The van der Waals surface area contributed by atoms with Gasteiger partial charge < -0.3 is 0 Å². The van der Waals surface area contributed by atoms with Crippen LogP contribution in [-0.4, -0.2) is 10.2 Å². The Balaban J connectivity index is 1.94. The van der Waals surface area contributed by atoms with Gasteiger partial charge in [0.1, 0.15) is 11.4 Å². The molecule has 0 radical (unpaired) electrons. The summed E-state index contributed by atoms with van der Waals surface area (Å²) in [6.45, 7) is 1.32. The van der Waals surface area contributed by atoms with Crippen LogP contribution >= 0.6 is 11.3 Å². The molecule has 2 aromatic heterocycles. The van der Waals surface area contributed by atoms with Crippen molar-refractivity contribution in [1.29, 1.82) is 0 Å². The fraction of sp³-hybridized carbons (Fsp3) is 0.120. The minimum atomic E-state index is -5.26. The quantitative estimate of drug-likeness (QED) is 0.184. The molecule has 2 nitrogen and oxygen atoms in total. The third-order valence-corrected chi connectivity index (χ3v) is 6.40. The number of rotatable bonds is 2. The van der Waals surface area contributed by atoms with Crippen LogP contribution in [-0.2, 0) is 12.4 Å². The van der Waals surface area contributed by atoms with Crippen molar-refractivity contribution >= 4 is 32.9 Å². The minimum absolute atomic E-state index is 0.0356. The Labute approximate surface area is 193 Å². The average molecular weight is 488 g/mol. The lowest BCUT2D eigenvalue weighted by Gasteiger charge is -2.21. The molecular weight excluding hydrogens is 474 g/mol. The number of hydrogen-bond donors (Lipinski definition) is 0. The van der Waals surface area contributed by atoms with Gasteiger partial charge in [-0.1, -0.05) is 30.3 Å². The molecule has 0 bridgehead atoms. The summed E-state index contributed by atoms with van der Waals surface area (Å²) in [4.78, 5) is 0.746. The highest BCUT2D eigenvalue weighted by Gasteiger charge is 2.45. The van der Waals surface area contributed by atoms with E-state index in [1.165, 1.54) is 18.3 Å². The molecule has 5 aromatic rings. The fourth-order valence-electron chi connectivity index (χ4n) is 4.14. The van der Waals surface area contributed by atoms with Crippen LogP contribution in [0, 0.1) is 6.92 Å². The van der Waals surface area contributed by atoms with Gasteiger partial charge >= 0.3 is 12.4 Å². The number of nitrogens with zero attached hydrogens (tertiary/aromatic N) is 2. The van der Waals surface area contributed by atoms with Crippen LogP contribution in [0.5, 0.6) is 0 Å². The first-order valence-electron chi connectivity index (χ1n) is 10.1. The second kappa shape index (κ2) is 7.80. The van der Waals surface area contributed by atoms with E-state index in [-0.39, 0.29) is 11.3 Å². The van der Waals surface area contributed by atoms with Gasteiger partial charge in [-0.05, 0) is 59.0 Å². The molecule has 0 saturated heterocycles. The van der Waals surface area contributed by atoms with E-state index in [1.807, 2.05) is 17.5 Å². The van der Waals surface area contributed by atoms with E-state index >= 15 is 0 Å². The lowest BCUT2D eigenvalue weighted by molar-refractivity contribution is -0.161. The zero-order valence-electron chi connectivity index (χ0n) is 17.4. The summed E-state index contributed by atoms with van der Waals surface area (Å²) < 4.78 is 83.3. The Morgan fingerprint density at radius 2 is 1.32 bits per heavy atom. The molecule has 0 aliphatic heterocycles. The van der Waals surface area contributed by atoms with E-state index in [9.17, 15) is 26.3 Å². The average Bonchev–Trinajstić information content (AvgIpc) is 3.29. The van der Waals surface area contributed by atoms with Crippen LogP contribution in [0.3, 0.4) is 0 Å². The maximum atomic E-state index is 14.1. The zero-order valence-corrected chi connectivity index (χ0v) is 18.2. The van der Waals surface area contributed by atoms with Crippen LogP contribution < -0.4 is 0 Å². The van der Waals surface area contributed by atoms with Gasteiger partial charge in [-0.25, -0.2) is 0 Å². The molecule has 0 atom stereocenters. The maximum absolute atomic E-state index is 14.1. The molecule has 5 rings (SSSR count). The zero-order chi connectivity index (χ0) is 24.3. The number of hydrogen-bond acceptors (Lipinski definition) is 3. The van der Waals surface area contributed by atoms with E-state index in [2.05, 4.69) is 10.2 Å². The summed E-state index contributed by atoms with van der Waals surface area (Å²) in [6.07, 6.45) is -10.5. The first-order chi connectivity index (χ1) is 16.0. The molecule has 0 amide bonds. The summed E-state index contributed by atoms with van der Waals surface area (Å²) in [6, 6.07) is 15.9. The number of halogens is 6. The molecule has 0 saturated carbocycles. The van der Waals surface area contributed by atoms with Gasteiger partial charge in [0, 0.05) is 16.3 Å². The SMILES string of the molecule is Cc1cc(-c2nnc(-c3cccs3)c3cc4ccccc4cc23)c(C(F)(F)F)c(C(F)(F)F)c1. The highest BCUT2D eigenvalue weighted by molar-refractivity contribution is 7.13. The molecule has 0 unspecified atom stereocenters. The topological polar surface area (TPSA) is 25.8 Å². The van der Waals surface area contributed by atoms with E-state index in [4.69, 9.17) is 0 Å². The first kappa shape index (κ1) is 22.3. The molecule has 0 aliphatic rings. The van der Waals surface area contributed by atoms with Crippen molar-refractivity contribution in [2.75, 3.05) is 0 Å². The summed E-state index contributed by atoms with van der Waals surface area (Å²) in [7, 11) is 0. The normalized spacial score (nSPS) is 12.6. The smallest absolute Gasteiger partial charge is 0.166 e. The van der Waals surface area contributed by atoms with Crippen LogP contribution in [0.4, 0.5) is 26.3 Å². The molecule has 0 fully saturated rings. The van der Waals surface area contributed by atoms with Crippen molar-refractivity contribution in [1.82, 2.24) is 10.2 Å². The first-order valence-corrected chi connectivity index (χ1v) is 10.9. The van der Waals surface area contributed by atoms with E-state index in [1.54, 1.807) is 36.4 Å². The van der Waals surface area contributed by atoms with Gasteiger partial charge in [0.15, 0.2) is 0 Å². The monoisotopic (exact) mass is 488 g/mol. The predicted molar refractivity (Wildman–Crippen MR) is 121 cm³/mol. The second-order valence-corrected chi connectivity index (χ2v) is 8.80. The third kappa shape index (κ3) is 3.79. The van der Waals surface area contributed by atoms with Gasteiger partial charge in [0.05, 0.1) is 16.0 Å². The number of aromatic nitrogens is 2. The van der Waals surface area contributed by atoms with Crippen molar-refractivity contribution in [3.8, 4) is 21.8 Å². The number of benzene rings is 3. The molecule has 0 N–H and O–H groups in total. The third-order valence-electron chi connectivity index (χ3n) is 5.53. The minimum Gasteiger partial charge on any atom is -0.166 e. The number of alkyl halides is 6. The van der Waals surface area contributed by atoms with Crippen molar-refractivity contribution in [3.63, 3.8) is 0 Å². The lowest BCUT2D eigenvalue weighted by atomic mass is 9.91. The largest absolute Gasteiger partial charge is 0.417 e. The van der Waals surface area contributed by atoms with Gasteiger partial charge in [-0.3, -0.25) is 0 Å². The Morgan fingerprint density at radius 3 is 1.88 bits per heavy atom. The van der Waals surface area contributed by atoms with Crippen LogP contribution in [0.15, 0.2) is 66.0 Å². The summed E-state index contributed by atoms with van der Waals surface area (Å²) in [5.41, 5.74) is -3.91. The highest BCUT2D eigenvalue weighted by atomic mass is 32.1. The van der Waals surface area contributed by atoms with Crippen LogP contribution in [0.2, 0.25) is 0 Å². The molecular formula is C25H14F6N2S. The standard InChI is InChI=1S/C25H14F6N2S/c1-13-9-18(21(25(29,30)31)19(10-13)24(26,27)28)22-16-11-14-5-2-3-6-15(14)12-17(16)23(33-32-22)20-7-4-8-34-20/h2-12H,1H3. The van der Waals surface area contributed by atoms with Crippen LogP contribution in [0.1, 0.15) is 16.7 Å². The number of aryl methyl sites for hydroxylation is 1. The Kier molecular flexibility index (Phi) is 5.12. The Bertz CT molecular complexity index is 1540. The molecule has 34 heavy (non-hydrogen) atoms. The molecule has 172 valence electrons. The number of fused-ring (bicyclic) bond motifs is 2. The highest BCUT2D eigenvalue weighted by Crippen LogP contribution is 2.47. The molecule has 9 heteroatoms. The van der Waals surface area contributed by atoms with Crippen LogP contribution in [0.25, 0.3) is 43.4 Å². The van der Waals surface area contributed by atoms with Crippen molar-refractivity contribution in [2.45, 2.75) is 19.3 Å². The summed E-state index contributed by atoms with van der Waals surface area (Å²) in [5, 5.41) is 12.4. The molecule has 0 aliphatic carbocycles. The van der Waals surface area contributed by atoms with Crippen molar-refractivity contribution in [2.24, 2.45) is 0 Å². The van der Waals surface area contributed by atoms with Crippen molar-refractivity contribution < 1.29 is 26.3 Å². The molecule has 0 spiro atoms. The Hall–Kier alpha value is -3.46. The predicted octanol–water partition coefficient (Wildman–Crippen LogP) is 8.52. The fourth-order valence-corrected chi connectivity index (χ4v) is 4.86. The summed E-state index contributed by atoms with van der Waals surface area (Å²) >= 11 is 1.38. The van der Waals surface area contributed by atoms with E-state index < -0.39 is 29.0 Å². The molecule has 2 heterocycles. The van der Waals surface area contributed by atoms with E-state index in [0.717, 1.165) is 21.7 Å². The van der Waals surface area contributed by atoms with Gasteiger partial charge in [-0.2, -0.15) is 26.3 Å². The van der Waals surface area contributed by atoms with Gasteiger partial charge in [0.2, 0.25) is 0 Å². The second-order valence-electron chi connectivity index (χ2n) is 7.85.